The van der Waals surface area contributed by atoms with Crippen LogP contribution in [0.1, 0.15) is 68.1 Å². The van der Waals surface area contributed by atoms with E-state index in [1.54, 1.807) is 38.6 Å². The van der Waals surface area contributed by atoms with Crippen LogP contribution < -0.4 is 20.9 Å². The van der Waals surface area contributed by atoms with Crippen molar-refractivity contribution in [2.75, 3.05) is 19.1 Å². The predicted octanol–water partition coefficient (Wildman–Crippen LogP) is 3.52. The van der Waals surface area contributed by atoms with Gasteiger partial charge in [-0.2, -0.15) is 5.26 Å². The number of oxime groups is 1. The standard InChI is InChI=1S/C29H35N7O4/c1-29(2,3)40-34-24(18-9-14-22(39-6)32-16-18)17-7-11-20(12-8-17)35(4)26-23(27(31)37)28(38)36(5)21-13-10-19(15-30)33-25(21)26/h9-10,13-14,16-17,20H,7-8,11-12H2,1-6H3,(H2,31,37)/b34-24+/t17-,20+. The number of carbonyl (C=O) groups excluding carboxylic acids is 1. The van der Waals surface area contributed by atoms with E-state index < -0.39 is 17.1 Å². The molecule has 1 aliphatic rings. The summed E-state index contributed by atoms with van der Waals surface area (Å²) in [4.78, 5) is 42.3. The topological polar surface area (TPSA) is 149 Å². The molecule has 0 unspecified atom stereocenters. The quantitative estimate of drug-likeness (QED) is 0.350. The van der Waals surface area contributed by atoms with Crippen LogP contribution in [-0.2, 0) is 11.9 Å². The number of methoxy groups -OCH3 is 1. The molecule has 0 saturated heterocycles. The minimum Gasteiger partial charge on any atom is -0.481 e. The average Bonchev–Trinajstić information content (AvgIpc) is 2.94. The molecule has 0 spiro atoms. The highest BCUT2D eigenvalue weighted by Gasteiger charge is 2.32. The number of primary amides is 1. The van der Waals surface area contributed by atoms with Gasteiger partial charge in [0, 0.05) is 43.9 Å². The smallest absolute Gasteiger partial charge is 0.265 e. The molecule has 0 aliphatic heterocycles. The molecule has 3 aromatic rings. The zero-order valence-corrected chi connectivity index (χ0v) is 23.8. The number of nitrogens with zero attached hydrogens (tertiary/aromatic N) is 6. The Bertz CT molecular complexity index is 1540. The highest BCUT2D eigenvalue weighted by Crippen LogP contribution is 2.35. The second-order valence-corrected chi connectivity index (χ2v) is 11.0. The van der Waals surface area contributed by atoms with E-state index in [-0.39, 0.29) is 23.2 Å². The van der Waals surface area contributed by atoms with Gasteiger partial charge in [-0.05, 0) is 64.7 Å². The SMILES string of the molecule is COc1ccc(/C(=N/OC(C)(C)C)[C@H]2CC[C@@H](N(C)c3c(C(N)=O)c(=O)n(C)c4ccc(C#N)nc34)CC2)cn1. The van der Waals surface area contributed by atoms with E-state index >= 15 is 0 Å². The van der Waals surface area contributed by atoms with Gasteiger partial charge in [0.25, 0.3) is 11.5 Å². The number of aryl methyl sites for hydroxylation is 1. The molecule has 1 aliphatic carbocycles. The summed E-state index contributed by atoms with van der Waals surface area (Å²) >= 11 is 0. The van der Waals surface area contributed by atoms with Crippen molar-refractivity contribution in [2.45, 2.75) is 58.1 Å². The largest absolute Gasteiger partial charge is 0.481 e. The first kappa shape index (κ1) is 28.5. The van der Waals surface area contributed by atoms with Crippen molar-refractivity contribution < 1.29 is 14.4 Å². The molecule has 0 atom stereocenters. The summed E-state index contributed by atoms with van der Waals surface area (Å²) < 4.78 is 6.56. The molecule has 0 bridgehead atoms. The maximum absolute atomic E-state index is 13.2. The number of pyridine rings is 3. The van der Waals surface area contributed by atoms with E-state index in [0.29, 0.717) is 22.6 Å². The lowest BCUT2D eigenvalue weighted by Gasteiger charge is -2.37. The maximum atomic E-state index is 13.2. The fourth-order valence-electron chi connectivity index (χ4n) is 5.14. The average molecular weight is 546 g/mol. The fraction of sp³-hybridized carbons (Fsp3) is 0.448. The van der Waals surface area contributed by atoms with Gasteiger partial charge in [-0.3, -0.25) is 9.59 Å². The van der Waals surface area contributed by atoms with E-state index in [0.717, 1.165) is 37.0 Å². The van der Waals surface area contributed by atoms with Crippen LogP contribution in [0, 0.1) is 17.2 Å². The number of rotatable bonds is 7. The number of nitriles is 1. The van der Waals surface area contributed by atoms with Gasteiger partial charge in [-0.1, -0.05) is 5.16 Å². The van der Waals surface area contributed by atoms with Gasteiger partial charge in [-0.25, -0.2) is 9.97 Å². The van der Waals surface area contributed by atoms with Crippen LogP contribution in [0.25, 0.3) is 11.0 Å². The van der Waals surface area contributed by atoms with Crippen molar-refractivity contribution in [3.8, 4) is 11.9 Å². The van der Waals surface area contributed by atoms with E-state index in [2.05, 4.69) is 15.1 Å². The number of hydrogen-bond acceptors (Lipinski definition) is 9. The van der Waals surface area contributed by atoms with Crippen LogP contribution in [0.5, 0.6) is 5.88 Å². The van der Waals surface area contributed by atoms with E-state index in [9.17, 15) is 14.9 Å². The van der Waals surface area contributed by atoms with Crippen molar-refractivity contribution in [1.29, 1.82) is 5.26 Å². The number of anilines is 1. The molecule has 0 aromatic carbocycles. The molecule has 1 fully saturated rings. The van der Waals surface area contributed by atoms with Crippen molar-refractivity contribution in [3.63, 3.8) is 0 Å². The fourth-order valence-corrected chi connectivity index (χ4v) is 5.14. The predicted molar refractivity (Wildman–Crippen MR) is 153 cm³/mol. The molecule has 3 aromatic heterocycles. The highest BCUT2D eigenvalue weighted by molar-refractivity contribution is 6.06. The van der Waals surface area contributed by atoms with Gasteiger partial charge < -0.3 is 24.8 Å². The van der Waals surface area contributed by atoms with Crippen molar-refractivity contribution in [3.05, 3.63) is 57.6 Å². The first-order valence-corrected chi connectivity index (χ1v) is 13.2. The zero-order chi connectivity index (χ0) is 29.2. The normalized spacial score (nSPS) is 17.8. The molecule has 1 amide bonds. The molecular formula is C29H35N7O4. The summed E-state index contributed by atoms with van der Waals surface area (Å²) in [6, 6.07) is 8.99. The van der Waals surface area contributed by atoms with Crippen LogP contribution in [0.2, 0.25) is 0 Å². The zero-order valence-electron chi connectivity index (χ0n) is 23.8. The third-order valence-corrected chi connectivity index (χ3v) is 7.22. The van der Waals surface area contributed by atoms with E-state index in [4.69, 9.17) is 15.3 Å². The van der Waals surface area contributed by atoms with Crippen LogP contribution in [0.3, 0.4) is 0 Å². The Kier molecular flexibility index (Phi) is 8.09. The Labute approximate surface area is 233 Å². The molecule has 4 rings (SSSR count). The Hall–Kier alpha value is -4.46. The molecule has 40 heavy (non-hydrogen) atoms. The summed E-state index contributed by atoms with van der Waals surface area (Å²) in [6.45, 7) is 5.84. The Morgan fingerprint density at radius 1 is 1.20 bits per heavy atom. The van der Waals surface area contributed by atoms with Gasteiger partial charge in [-0.15, -0.1) is 0 Å². The van der Waals surface area contributed by atoms with Gasteiger partial charge in [0.15, 0.2) is 0 Å². The lowest BCUT2D eigenvalue weighted by atomic mass is 9.80. The van der Waals surface area contributed by atoms with E-state index in [1.165, 1.54) is 4.57 Å². The van der Waals surface area contributed by atoms with Crippen molar-refractivity contribution in [1.82, 2.24) is 14.5 Å². The van der Waals surface area contributed by atoms with Gasteiger partial charge in [0.2, 0.25) is 5.88 Å². The van der Waals surface area contributed by atoms with Gasteiger partial charge >= 0.3 is 0 Å². The molecule has 3 heterocycles. The van der Waals surface area contributed by atoms with Crippen molar-refractivity contribution >= 4 is 28.3 Å². The monoisotopic (exact) mass is 545 g/mol. The number of carbonyl (C=O) groups is 1. The first-order valence-electron chi connectivity index (χ1n) is 13.2. The minimum absolute atomic E-state index is 0.00373. The number of amides is 1. The molecule has 0 radical (unpaired) electrons. The highest BCUT2D eigenvalue weighted by atomic mass is 16.6. The lowest BCUT2D eigenvalue weighted by Crippen LogP contribution is -2.40. The molecule has 11 nitrogen and oxygen atoms in total. The molecule has 210 valence electrons. The van der Waals surface area contributed by atoms with Crippen LogP contribution in [0.15, 0.2) is 40.4 Å². The molecular weight excluding hydrogens is 510 g/mol. The number of hydrogen-bond donors (Lipinski definition) is 1. The second-order valence-electron chi connectivity index (χ2n) is 11.0. The Morgan fingerprint density at radius 3 is 2.45 bits per heavy atom. The van der Waals surface area contributed by atoms with Crippen LogP contribution in [0.4, 0.5) is 5.69 Å². The summed E-state index contributed by atoms with van der Waals surface area (Å²) in [5, 5.41) is 14.0. The Morgan fingerprint density at radius 2 is 1.90 bits per heavy atom. The van der Waals surface area contributed by atoms with Crippen molar-refractivity contribution in [2.24, 2.45) is 23.9 Å². The minimum atomic E-state index is -0.831. The number of aromatic nitrogens is 3. The second kappa shape index (κ2) is 11.3. The summed E-state index contributed by atoms with van der Waals surface area (Å²) in [6.07, 6.45) is 4.83. The van der Waals surface area contributed by atoms with Crippen LogP contribution in [-0.4, -0.2) is 52.0 Å². The number of fused-ring (bicyclic) bond motifs is 1. The maximum Gasteiger partial charge on any atom is 0.265 e. The summed E-state index contributed by atoms with van der Waals surface area (Å²) in [5.41, 5.74) is 7.77. The van der Waals surface area contributed by atoms with E-state index in [1.807, 2.05) is 44.9 Å². The number of nitrogens with two attached hydrogens (primary N) is 1. The molecule has 2 N–H and O–H groups in total. The molecule has 11 heteroatoms. The third-order valence-electron chi connectivity index (χ3n) is 7.22. The lowest BCUT2D eigenvalue weighted by molar-refractivity contribution is -0.0000376. The van der Waals surface area contributed by atoms with Gasteiger partial charge in [0.05, 0.1) is 24.0 Å². The summed E-state index contributed by atoms with van der Waals surface area (Å²) in [5.74, 6) is -0.200. The third kappa shape index (κ3) is 5.76. The first-order chi connectivity index (χ1) is 18.9. The molecule has 1 saturated carbocycles. The Balaban J connectivity index is 1.67. The summed E-state index contributed by atoms with van der Waals surface area (Å²) in [7, 11) is 4.98. The van der Waals surface area contributed by atoms with Crippen LogP contribution >= 0.6 is 0 Å². The van der Waals surface area contributed by atoms with Gasteiger partial charge in [0.1, 0.15) is 28.4 Å². The number of ether oxygens (including phenoxy) is 1.